The van der Waals surface area contributed by atoms with Crippen LogP contribution in [0.25, 0.3) is 6.08 Å². The topological polar surface area (TPSA) is 79.5 Å². The Morgan fingerprint density at radius 2 is 1.92 bits per heavy atom. The van der Waals surface area contributed by atoms with E-state index in [1.54, 1.807) is 13.0 Å². The van der Waals surface area contributed by atoms with E-state index in [1.807, 2.05) is 24.3 Å². The van der Waals surface area contributed by atoms with Crippen molar-refractivity contribution < 1.29 is 14.3 Å². The van der Waals surface area contributed by atoms with Crippen molar-refractivity contribution in [2.45, 2.75) is 31.4 Å². The maximum atomic E-state index is 11.4. The molecule has 2 heterocycles. The molecule has 2 aromatic rings. The molecule has 0 unspecified atom stereocenters. The zero-order valence-corrected chi connectivity index (χ0v) is 14.3. The van der Waals surface area contributed by atoms with Gasteiger partial charge in [-0.3, -0.25) is 0 Å². The average Bonchev–Trinajstić information content (AvgIpc) is 3.01. The lowest BCUT2D eigenvalue weighted by molar-refractivity contribution is -0.131. The van der Waals surface area contributed by atoms with Gasteiger partial charge in [-0.2, -0.15) is 0 Å². The number of nitrogens with zero attached hydrogens (tertiary/aromatic N) is 3. The zero-order valence-electron chi connectivity index (χ0n) is 13.4. The molecule has 1 saturated heterocycles. The van der Waals surface area contributed by atoms with E-state index >= 15 is 0 Å². The van der Waals surface area contributed by atoms with E-state index in [-0.39, 0.29) is 10.1 Å². The van der Waals surface area contributed by atoms with Crippen LogP contribution >= 0.6 is 11.8 Å². The molecule has 0 amide bonds. The number of carboxylic acids is 1. The van der Waals surface area contributed by atoms with Gasteiger partial charge >= 0.3 is 5.97 Å². The van der Waals surface area contributed by atoms with E-state index < -0.39 is 5.97 Å². The quantitative estimate of drug-likeness (QED) is 0.655. The Kier molecular flexibility index (Phi) is 5.20. The molecule has 126 valence electrons. The van der Waals surface area contributed by atoms with Crippen LogP contribution in [0, 0.1) is 6.92 Å². The van der Waals surface area contributed by atoms with Crippen LogP contribution in [0.2, 0.25) is 0 Å². The molecular formula is C17H19N3O3S. The van der Waals surface area contributed by atoms with Gasteiger partial charge in [-0.05, 0) is 54.8 Å². The summed E-state index contributed by atoms with van der Waals surface area (Å²) in [5.41, 5.74) is 2.01. The first-order valence-corrected chi connectivity index (χ1v) is 8.71. The predicted octanol–water partition coefficient (Wildman–Crippen LogP) is 3.59. The van der Waals surface area contributed by atoms with E-state index in [4.69, 9.17) is 4.42 Å². The third-order valence-corrected chi connectivity index (χ3v) is 4.68. The molecular weight excluding hydrogens is 326 g/mol. The highest BCUT2D eigenvalue weighted by atomic mass is 32.2. The largest absolute Gasteiger partial charge is 0.477 e. The Morgan fingerprint density at radius 3 is 2.50 bits per heavy atom. The van der Waals surface area contributed by atoms with Gasteiger partial charge in [-0.15, -0.1) is 10.2 Å². The van der Waals surface area contributed by atoms with Crippen molar-refractivity contribution in [3.8, 4) is 0 Å². The van der Waals surface area contributed by atoms with E-state index in [1.165, 1.54) is 24.9 Å². The number of aromatic nitrogens is 2. The fourth-order valence-electron chi connectivity index (χ4n) is 2.63. The van der Waals surface area contributed by atoms with Gasteiger partial charge in [0.1, 0.15) is 4.91 Å². The van der Waals surface area contributed by atoms with Gasteiger partial charge in [0.25, 0.3) is 5.22 Å². The van der Waals surface area contributed by atoms with Crippen molar-refractivity contribution in [3.63, 3.8) is 0 Å². The van der Waals surface area contributed by atoms with Crippen LogP contribution in [-0.2, 0) is 4.79 Å². The molecule has 0 aliphatic carbocycles. The zero-order chi connectivity index (χ0) is 16.9. The van der Waals surface area contributed by atoms with Crippen LogP contribution in [0.1, 0.15) is 30.7 Å². The summed E-state index contributed by atoms with van der Waals surface area (Å²) in [6.07, 6.45) is 5.37. The number of piperidine rings is 1. The maximum absolute atomic E-state index is 11.4. The molecule has 1 aliphatic rings. The summed E-state index contributed by atoms with van der Waals surface area (Å²) in [5, 5.41) is 17.1. The van der Waals surface area contributed by atoms with Gasteiger partial charge < -0.3 is 14.4 Å². The molecule has 0 bridgehead atoms. The number of rotatable bonds is 5. The molecule has 0 atom stereocenters. The number of hydrogen-bond donors (Lipinski definition) is 1. The highest BCUT2D eigenvalue weighted by Crippen LogP contribution is 2.28. The summed E-state index contributed by atoms with van der Waals surface area (Å²) in [5.74, 6) is -0.607. The lowest BCUT2D eigenvalue weighted by atomic mass is 10.1. The second kappa shape index (κ2) is 7.53. The lowest BCUT2D eigenvalue weighted by Gasteiger charge is -2.28. The van der Waals surface area contributed by atoms with Crippen molar-refractivity contribution in [2.24, 2.45) is 0 Å². The van der Waals surface area contributed by atoms with Gasteiger partial charge in [0.2, 0.25) is 5.89 Å². The number of benzene rings is 1. The summed E-state index contributed by atoms with van der Waals surface area (Å²) >= 11 is 0.956. The highest BCUT2D eigenvalue weighted by molar-refractivity contribution is 8.03. The number of aryl methyl sites for hydroxylation is 1. The van der Waals surface area contributed by atoms with E-state index in [9.17, 15) is 9.90 Å². The number of carbonyl (C=O) groups is 1. The minimum atomic E-state index is -1.02. The van der Waals surface area contributed by atoms with Crippen molar-refractivity contribution in [2.75, 3.05) is 18.0 Å². The van der Waals surface area contributed by atoms with Crippen molar-refractivity contribution in [3.05, 3.63) is 40.6 Å². The molecule has 24 heavy (non-hydrogen) atoms. The van der Waals surface area contributed by atoms with E-state index in [2.05, 4.69) is 15.1 Å². The Morgan fingerprint density at radius 1 is 1.21 bits per heavy atom. The summed E-state index contributed by atoms with van der Waals surface area (Å²) in [6.45, 7) is 3.84. The normalized spacial score (nSPS) is 15.5. The maximum Gasteiger partial charge on any atom is 0.342 e. The average molecular weight is 345 g/mol. The van der Waals surface area contributed by atoms with Gasteiger partial charge in [0, 0.05) is 25.7 Å². The minimum absolute atomic E-state index is 0.143. The Balaban J connectivity index is 1.75. The van der Waals surface area contributed by atoms with Crippen LogP contribution < -0.4 is 4.90 Å². The van der Waals surface area contributed by atoms with Crippen LogP contribution in [0.3, 0.4) is 0 Å². The third-order valence-electron chi connectivity index (χ3n) is 3.83. The lowest BCUT2D eigenvalue weighted by Crippen LogP contribution is -2.29. The molecule has 1 aromatic heterocycles. The number of carboxylic acid groups (broad SMARTS) is 1. The molecule has 3 rings (SSSR count). The molecule has 0 radical (unpaired) electrons. The molecule has 0 saturated carbocycles. The predicted molar refractivity (Wildman–Crippen MR) is 93.0 cm³/mol. The second-order valence-corrected chi connectivity index (χ2v) is 6.64. The molecule has 1 aliphatic heterocycles. The Hall–Kier alpha value is -2.28. The summed E-state index contributed by atoms with van der Waals surface area (Å²) in [6, 6.07) is 7.95. The highest BCUT2D eigenvalue weighted by Gasteiger charge is 2.15. The molecule has 1 N–H and O–H groups in total. The van der Waals surface area contributed by atoms with Gasteiger partial charge in [-0.1, -0.05) is 12.1 Å². The Bertz CT molecular complexity index is 734. The molecule has 1 aromatic carbocycles. The van der Waals surface area contributed by atoms with E-state index in [0.29, 0.717) is 5.89 Å². The van der Waals surface area contributed by atoms with Gasteiger partial charge in [-0.25, -0.2) is 4.79 Å². The molecule has 6 nitrogen and oxygen atoms in total. The van der Waals surface area contributed by atoms with Crippen LogP contribution in [0.5, 0.6) is 0 Å². The van der Waals surface area contributed by atoms with Gasteiger partial charge in [0.05, 0.1) is 0 Å². The first-order chi connectivity index (χ1) is 11.6. The van der Waals surface area contributed by atoms with E-state index in [0.717, 1.165) is 30.4 Å². The van der Waals surface area contributed by atoms with Gasteiger partial charge in [0.15, 0.2) is 0 Å². The molecule has 0 spiro atoms. The van der Waals surface area contributed by atoms with Crippen molar-refractivity contribution in [1.29, 1.82) is 0 Å². The smallest absolute Gasteiger partial charge is 0.342 e. The van der Waals surface area contributed by atoms with Crippen LogP contribution in [0.4, 0.5) is 5.69 Å². The number of aliphatic carboxylic acids is 1. The number of anilines is 1. The first kappa shape index (κ1) is 16.6. The SMILES string of the molecule is Cc1nnc(S/C(=C/c2ccc(N3CCCCC3)cc2)C(=O)O)o1. The fraction of sp³-hybridized carbons (Fsp3) is 0.353. The first-order valence-electron chi connectivity index (χ1n) is 7.90. The summed E-state index contributed by atoms with van der Waals surface area (Å²) in [4.78, 5) is 14.0. The van der Waals surface area contributed by atoms with Crippen molar-refractivity contribution in [1.82, 2.24) is 10.2 Å². The molecule has 1 fully saturated rings. The monoisotopic (exact) mass is 345 g/mol. The Labute approximate surface area is 144 Å². The third kappa shape index (κ3) is 4.17. The van der Waals surface area contributed by atoms with Crippen LogP contribution in [-0.4, -0.2) is 34.4 Å². The fourth-order valence-corrected chi connectivity index (χ4v) is 3.35. The summed E-state index contributed by atoms with van der Waals surface area (Å²) < 4.78 is 5.23. The van der Waals surface area contributed by atoms with Crippen molar-refractivity contribution >= 4 is 29.5 Å². The minimum Gasteiger partial charge on any atom is -0.477 e. The summed E-state index contributed by atoms with van der Waals surface area (Å²) in [7, 11) is 0. The number of thioether (sulfide) groups is 1. The second-order valence-electron chi connectivity index (χ2n) is 5.64. The van der Waals surface area contributed by atoms with Crippen LogP contribution in [0.15, 0.2) is 38.8 Å². The standard InChI is InChI=1S/C17H19N3O3S/c1-12-18-19-17(23-12)24-15(16(21)22)11-13-5-7-14(8-6-13)20-9-3-2-4-10-20/h5-8,11H,2-4,9-10H2,1H3,(H,21,22)/b15-11+. The number of hydrogen-bond acceptors (Lipinski definition) is 6. The molecule has 7 heteroatoms.